The van der Waals surface area contributed by atoms with Crippen LogP contribution in [0.25, 0.3) is 11.1 Å². The van der Waals surface area contributed by atoms with Crippen molar-refractivity contribution in [1.29, 1.82) is 0 Å². The summed E-state index contributed by atoms with van der Waals surface area (Å²) in [4.78, 5) is 21.3. The zero-order valence-corrected chi connectivity index (χ0v) is 24.7. The predicted octanol–water partition coefficient (Wildman–Crippen LogP) is 4.33. The van der Waals surface area contributed by atoms with E-state index in [0.29, 0.717) is 23.6 Å². The number of nitro benzene ring substituents is 2. The molecule has 5 rings (SSSR count). The molecule has 45 heavy (non-hydrogen) atoms. The van der Waals surface area contributed by atoms with Gasteiger partial charge in [-0.05, 0) is 60.7 Å². The largest absolute Gasteiger partial charge is 0.497 e. The van der Waals surface area contributed by atoms with Crippen molar-refractivity contribution in [3.63, 3.8) is 0 Å². The molecule has 0 heterocycles. The molecule has 1 aliphatic carbocycles. The quantitative estimate of drug-likeness (QED) is 0.109. The monoisotopic (exact) mass is 655 g/mol. The van der Waals surface area contributed by atoms with E-state index in [-0.39, 0.29) is 22.5 Å². The fourth-order valence-corrected chi connectivity index (χ4v) is 6.91. The summed E-state index contributed by atoms with van der Waals surface area (Å²) >= 11 is 0. The molecule has 0 atom stereocenters. The Kier molecular flexibility index (Phi) is 7.77. The van der Waals surface area contributed by atoms with Gasteiger partial charge in [-0.1, -0.05) is 5.16 Å². The SMILES string of the molecule is COc1ccc(NS(=O)(=O)c2cc3c(c([N+](=O)[O-])c2)-c2c(cc(S(=O)(=O)Nc4ccc(OC)cc4)cc2[N+](=O)[O-])C3=NO)cc1. The predicted molar refractivity (Wildman–Crippen MR) is 160 cm³/mol. The molecule has 0 aliphatic heterocycles. The highest BCUT2D eigenvalue weighted by atomic mass is 32.2. The van der Waals surface area contributed by atoms with Gasteiger partial charge in [0.2, 0.25) is 0 Å². The van der Waals surface area contributed by atoms with Crippen LogP contribution in [0.5, 0.6) is 11.5 Å². The van der Waals surface area contributed by atoms with E-state index in [1.165, 1.54) is 62.8 Å². The molecular weight excluding hydrogens is 634 g/mol. The van der Waals surface area contributed by atoms with E-state index in [2.05, 4.69) is 14.6 Å². The number of ether oxygens (including phenoxy) is 2. The lowest BCUT2D eigenvalue weighted by molar-refractivity contribution is -0.386. The number of nitrogens with one attached hydrogen (secondary N) is 2. The maximum absolute atomic E-state index is 13.3. The van der Waals surface area contributed by atoms with E-state index >= 15 is 0 Å². The van der Waals surface area contributed by atoms with Crippen molar-refractivity contribution in [2.75, 3.05) is 23.7 Å². The van der Waals surface area contributed by atoms with Crippen LogP contribution in [0.1, 0.15) is 11.1 Å². The number of hydrogen-bond acceptors (Lipinski definition) is 12. The van der Waals surface area contributed by atoms with E-state index in [1.807, 2.05) is 0 Å². The topological polar surface area (TPSA) is 230 Å². The zero-order chi connectivity index (χ0) is 32.7. The van der Waals surface area contributed by atoms with Gasteiger partial charge in [0.25, 0.3) is 31.4 Å². The van der Waals surface area contributed by atoms with Gasteiger partial charge in [-0.2, -0.15) is 0 Å². The minimum atomic E-state index is -4.51. The van der Waals surface area contributed by atoms with Gasteiger partial charge in [-0.3, -0.25) is 29.7 Å². The van der Waals surface area contributed by atoms with Gasteiger partial charge >= 0.3 is 0 Å². The Balaban J connectivity index is 1.66. The van der Waals surface area contributed by atoms with Gasteiger partial charge in [-0.25, -0.2) is 16.8 Å². The van der Waals surface area contributed by atoms with Crippen LogP contribution in [0.2, 0.25) is 0 Å². The number of fused-ring (bicyclic) bond motifs is 3. The number of anilines is 2. The molecule has 0 fully saturated rings. The van der Waals surface area contributed by atoms with Crippen LogP contribution in [0.4, 0.5) is 22.7 Å². The van der Waals surface area contributed by atoms with Crippen molar-refractivity contribution in [1.82, 2.24) is 0 Å². The summed E-state index contributed by atoms with van der Waals surface area (Å²) in [5.74, 6) is 0.879. The second-order valence-corrected chi connectivity index (χ2v) is 12.7. The third kappa shape index (κ3) is 5.66. The first-order chi connectivity index (χ1) is 21.3. The first kappa shape index (κ1) is 30.7. The van der Waals surface area contributed by atoms with E-state index in [4.69, 9.17) is 9.47 Å². The van der Waals surface area contributed by atoms with Crippen LogP contribution >= 0.6 is 0 Å². The lowest BCUT2D eigenvalue weighted by atomic mass is 10.0. The summed E-state index contributed by atoms with van der Waals surface area (Å²) in [6.07, 6.45) is 0. The molecule has 0 bridgehead atoms. The molecule has 0 spiro atoms. The second-order valence-electron chi connectivity index (χ2n) is 9.36. The smallest absolute Gasteiger partial charge is 0.279 e. The van der Waals surface area contributed by atoms with Gasteiger partial charge < -0.3 is 14.7 Å². The van der Waals surface area contributed by atoms with Crippen LogP contribution in [0.15, 0.2) is 87.7 Å². The van der Waals surface area contributed by atoms with Crippen LogP contribution in [-0.4, -0.2) is 51.8 Å². The van der Waals surface area contributed by atoms with E-state index in [0.717, 1.165) is 12.1 Å². The third-order valence-corrected chi connectivity index (χ3v) is 9.46. The van der Waals surface area contributed by atoms with Crippen LogP contribution in [0, 0.1) is 20.2 Å². The molecule has 0 saturated carbocycles. The van der Waals surface area contributed by atoms with Crippen molar-refractivity contribution < 1.29 is 41.4 Å². The molecular formula is C27H21N5O11S2. The van der Waals surface area contributed by atoms with Crippen molar-refractivity contribution in [3.05, 3.63) is 104 Å². The summed E-state index contributed by atoms with van der Waals surface area (Å²) in [5, 5.41) is 37.5. The van der Waals surface area contributed by atoms with E-state index in [1.54, 1.807) is 0 Å². The maximum Gasteiger partial charge on any atom is 0.279 e. The zero-order valence-electron chi connectivity index (χ0n) is 23.1. The number of hydrogen-bond donors (Lipinski definition) is 3. The maximum atomic E-state index is 13.3. The lowest BCUT2D eigenvalue weighted by Crippen LogP contribution is -2.14. The highest BCUT2D eigenvalue weighted by molar-refractivity contribution is 7.93. The van der Waals surface area contributed by atoms with Crippen LogP contribution < -0.4 is 18.9 Å². The Labute approximate surface area is 254 Å². The summed E-state index contributed by atoms with van der Waals surface area (Å²) < 4.78 is 67.8. The Morgan fingerprint density at radius 3 is 1.31 bits per heavy atom. The summed E-state index contributed by atoms with van der Waals surface area (Å²) in [5.41, 5.74) is -3.62. The Bertz CT molecular complexity index is 1970. The fourth-order valence-electron chi connectivity index (χ4n) is 4.70. The molecule has 232 valence electrons. The van der Waals surface area contributed by atoms with Crippen molar-refractivity contribution in [3.8, 4) is 22.6 Å². The van der Waals surface area contributed by atoms with Crippen LogP contribution in [0.3, 0.4) is 0 Å². The number of rotatable bonds is 10. The molecule has 1 aliphatic rings. The van der Waals surface area contributed by atoms with Gasteiger partial charge in [-0.15, -0.1) is 0 Å². The number of nitro groups is 2. The van der Waals surface area contributed by atoms with Crippen molar-refractivity contribution in [2.45, 2.75) is 9.79 Å². The van der Waals surface area contributed by atoms with Gasteiger partial charge in [0.15, 0.2) is 0 Å². The van der Waals surface area contributed by atoms with E-state index in [9.17, 15) is 42.3 Å². The number of sulfonamides is 2. The first-order valence-corrected chi connectivity index (χ1v) is 15.5. The molecule has 0 aromatic heterocycles. The minimum Gasteiger partial charge on any atom is -0.497 e. The first-order valence-electron chi connectivity index (χ1n) is 12.5. The Morgan fingerprint density at radius 1 is 0.667 bits per heavy atom. The summed E-state index contributed by atoms with van der Waals surface area (Å²) in [7, 11) is -6.18. The van der Waals surface area contributed by atoms with Crippen molar-refractivity contribution in [2.24, 2.45) is 5.16 Å². The molecule has 16 nitrogen and oxygen atoms in total. The highest BCUT2D eigenvalue weighted by Gasteiger charge is 2.41. The van der Waals surface area contributed by atoms with Crippen LogP contribution in [-0.2, 0) is 20.0 Å². The average Bonchev–Trinajstić information content (AvgIpc) is 3.33. The summed E-state index contributed by atoms with van der Waals surface area (Å²) in [6, 6.07) is 14.7. The van der Waals surface area contributed by atoms with Gasteiger partial charge in [0.05, 0.1) is 45.0 Å². The number of oxime groups is 1. The lowest BCUT2D eigenvalue weighted by Gasteiger charge is -2.11. The molecule has 0 unspecified atom stereocenters. The molecule has 4 aromatic rings. The highest BCUT2D eigenvalue weighted by Crippen LogP contribution is 2.49. The third-order valence-electron chi connectivity index (χ3n) is 6.74. The summed E-state index contributed by atoms with van der Waals surface area (Å²) in [6.45, 7) is 0. The number of nitrogens with zero attached hydrogens (tertiary/aromatic N) is 3. The molecule has 0 saturated heterocycles. The van der Waals surface area contributed by atoms with Gasteiger partial charge in [0.1, 0.15) is 17.2 Å². The van der Waals surface area contributed by atoms with E-state index < -0.39 is 67.9 Å². The number of benzene rings is 4. The Morgan fingerprint density at radius 2 is 1.02 bits per heavy atom. The molecule has 3 N–H and O–H groups in total. The Hall–Kier alpha value is -5.75. The number of methoxy groups -OCH3 is 2. The fraction of sp³-hybridized carbons (Fsp3) is 0.0741. The molecule has 18 heteroatoms. The normalized spacial score (nSPS) is 12.1. The second kappa shape index (κ2) is 11.4. The average molecular weight is 656 g/mol. The van der Waals surface area contributed by atoms with Gasteiger partial charge in [0, 0.05) is 34.6 Å². The molecule has 4 aromatic carbocycles. The van der Waals surface area contributed by atoms with Crippen molar-refractivity contribution >= 4 is 48.5 Å². The molecule has 0 amide bonds. The minimum absolute atomic E-state index is 0.0909. The molecule has 0 radical (unpaired) electrons. The standard InChI is InChI=1S/C27H21N5O11S2/c1-42-17-7-3-15(4-8-17)29-44(38,39)19-11-21-25(23(13-19)31(34)35)26-22(27(21)28-33)12-20(14-24(26)32(36)37)45(40,41)30-16-5-9-18(43-2)10-6-16/h3-14,29-30,33H,1-2H3.